The SMILES string of the molecule is COCC(C)NC1(C)CCNC1. The molecule has 2 unspecified atom stereocenters. The van der Waals surface area contributed by atoms with E-state index in [-0.39, 0.29) is 5.54 Å². The Morgan fingerprint density at radius 3 is 2.92 bits per heavy atom. The molecule has 2 atom stereocenters. The molecular weight excluding hydrogens is 152 g/mol. The molecule has 1 saturated heterocycles. The second kappa shape index (κ2) is 4.21. The van der Waals surface area contributed by atoms with Crippen LogP contribution in [0.2, 0.25) is 0 Å². The van der Waals surface area contributed by atoms with E-state index in [0.717, 1.165) is 19.7 Å². The molecule has 0 bridgehead atoms. The van der Waals surface area contributed by atoms with Crippen molar-refractivity contribution in [2.24, 2.45) is 0 Å². The third-order valence-electron chi connectivity index (χ3n) is 2.38. The van der Waals surface area contributed by atoms with Gasteiger partial charge in [-0.3, -0.25) is 0 Å². The van der Waals surface area contributed by atoms with Gasteiger partial charge in [0.05, 0.1) is 6.61 Å². The van der Waals surface area contributed by atoms with E-state index in [9.17, 15) is 0 Å². The molecule has 3 nitrogen and oxygen atoms in total. The van der Waals surface area contributed by atoms with E-state index in [1.165, 1.54) is 6.42 Å². The first-order valence-electron chi connectivity index (χ1n) is 4.64. The van der Waals surface area contributed by atoms with Crippen LogP contribution in [0.1, 0.15) is 20.3 Å². The monoisotopic (exact) mass is 172 g/mol. The molecule has 0 aromatic carbocycles. The minimum absolute atomic E-state index is 0.276. The molecule has 0 spiro atoms. The van der Waals surface area contributed by atoms with E-state index >= 15 is 0 Å². The molecule has 1 rings (SSSR count). The minimum Gasteiger partial charge on any atom is -0.383 e. The topological polar surface area (TPSA) is 33.3 Å². The summed E-state index contributed by atoms with van der Waals surface area (Å²) in [6.07, 6.45) is 1.21. The van der Waals surface area contributed by atoms with Gasteiger partial charge in [0.1, 0.15) is 0 Å². The molecule has 0 aromatic heterocycles. The van der Waals surface area contributed by atoms with Crippen LogP contribution in [0.25, 0.3) is 0 Å². The van der Waals surface area contributed by atoms with Crippen LogP contribution in [0.15, 0.2) is 0 Å². The zero-order valence-corrected chi connectivity index (χ0v) is 8.31. The van der Waals surface area contributed by atoms with Gasteiger partial charge in [0.15, 0.2) is 0 Å². The normalized spacial score (nSPS) is 32.2. The highest BCUT2D eigenvalue weighted by molar-refractivity contribution is 4.92. The summed E-state index contributed by atoms with van der Waals surface area (Å²) in [6, 6.07) is 0.444. The lowest BCUT2D eigenvalue weighted by Crippen LogP contribution is -2.49. The summed E-state index contributed by atoms with van der Waals surface area (Å²) in [4.78, 5) is 0. The maximum atomic E-state index is 5.08. The Morgan fingerprint density at radius 1 is 1.67 bits per heavy atom. The second-order valence-corrected chi connectivity index (χ2v) is 3.99. The van der Waals surface area contributed by atoms with Crippen LogP contribution in [-0.2, 0) is 4.74 Å². The molecule has 0 radical (unpaired) electrons. The zero-order valence-electron chi connectivity index (χ0n) is 8.31. The summed E-state index contributed by atoms with van der Waals surface area (Å²) in [5.41, 5.74) is 0.276. The summed E-state index contributed by atoms with van der Waals surface area (Å²) in [5.74, 6) is 0. The molecule has 72 valence electrons. The van der Waals surface area contributed by atoms with Crippen molar-refractivity contribution in [1.29, 1.82) is 0 Å². The van der Waals surface area contributed by atoms with Gasteiger partial charge in [-0.25, -0.2) is 0 Å². The third kappa shape index (κ3) is 2.73. The molecule has 1 heterocycles. The largest absolute Gasteiger partial charge is 0.383 e. The minimum atomic E-state index is 0.276. The maximum Gasteiger partial charge on any atom is 0.0613 e. The predicted octanol–water partition coefficient (Wildman–Crippen LogP) is 0.363. The average molecular weight is 172 g/mol. The summed E-state index contributed by atoms with van der Waals surface area (Å²) in [6.45, 7) is 7.41. The van der Waals surface area contributed by atoms with Crippen molar-refractivity contribution in [1.82, 2.24) is 10.6 Å². The Labute approximate surface area is 74.9 Å². The van der Waals surface area contributed by atoms with Crippen LogP contribution in [0.3, 0.4) is 0 Å². The van der Waals surface area contributed by atoms with E-state index < -0.39 is 0 Å². The lowest BCUT2D eigenvalue weighted by molar-refractivity contribution is 0.156. The molecule has 0 amide bonds. The smallest absolute Gasteiger partial charge is 0.0613 e. The van der Waals surface area contributed by atoms with Gasteiger partial charge in [0.25, 0.3) is 0 Å². The molecule has 0 saturated carbocycles. The summed E-state index contributed by atoms with van der Waals surface area (Å²) in [7, 11) is 1.74. The van der Waals surface area contributed by atoms with E-state index in [0.29, 0.717) is 6.04 Å². The Balaban J connectivity index is 2.28. The molecule has 0 aliphatic carbocycles. The van der Waals surface area contributed by atoms with Gasteiger partial charge in [-0.1, -0.05) is 0 Å². The van der Waals surface area contributed by atoms with Crippen molar-refractivity contribution in [3.8, 4) is 0 Å². The lowest BCUT2D eigenvalue weighted by Gasteiger charge is -2.28. The highest BCUT2D eigenvalue weighted by Gasteiger charge is 2.29. The molecule has 1 aliphatic heterocycles. The van der Waals surface area contributed by atoms with Crippen molar-refractivity contribution in [3.05, 3.63) is 0 Å². The number of ether oxygens (including phenoxy) is 1. The predicted molar refractivity (Wildman–Crippen MR) is 50.4 cm³/mol. The fourth-order valence-electron chi connectivity index (χ4n) is 1.83. The number of hydrogen-bond donors (Lipinski definition) is 2. The van der Waals surface area contributed by atoms with E-state index in [1.54, 1.807) is 7.11 Å². The van der Waals surface area contributed by atoms with Crippen molar-refractivity contribution >= 4 is 0 Å². The van der Waals surface area contributed by atoms with Gasteiger partial charge in [-0.2, -0.15) is 0 Å². The fourth-order valence-corrected chi connectivity index (χ4v) is 1.83. The molecular formula is C9H20N2O. The van der Waals surface area contributed by atoms with E-state index in [2.05, 4.69) is 24.5 Å². The number of nitrogens with one attached hydrogen (secondary N) is 2. The summed E-state index contributed by atoms with van der Waals surface area (Å²) in [5, 5.41) is 6.93. The Bertz CT molecular complexity index is 132. The highest BCUT2D eigenvalue weighted by Crippen LogP contribution is 2.13. The Morgan fingerprint density at radius 2 is 2.42 bits per heavy atom. The first kappa shape index (κ1) is 9.96. The van der Waals surface area contributed by atoms with Crippen LogP contribution < -0.4 is 10.6 Å². The van der Waals surface area contributed by atoms with E-state index in [1.807, 2.05) is 0 Å². The molecule has 12 heavy (non-hydrogen) atoms. The van der Waals surface area contributed by atoms with Crippen LogP contribution in [0.5, 0.6) is 0 Å². The van der Waals surface area contributed by atoms with Crippen LogP contribution in [0.4, 0.5) is 0 Å². The Kier molecular flexibility index (Phi) is 3.50. The molecule has 0 aromatic rings. The van der Waals surface area contributed by atoms with Gasteiger partial charge in [-0.15, -0.1) is 0 Å². The van der Waals surface area contributed by atoms with Gasteiger partial charge < -0.3 is 15.4 Å². The number of hydrogen-bond acceptors (Lipinski definition) is 3. The molecule has 1 aliphatic rings. The van der Waals surface area contributed by atoms with Gasteiger partial charge >= 0.3 is 0 Å². The average Bonchev–Trinajstić information content (AvgIpc) is 2.36. The molecule has 1 fully saturated rings. The quantitative estimate of drug-likeness (QED) is 0.642. The Hall–Kier alpha value is -0.120. The van der Waals surface area contributed by atoms with Gasteiger partial charge in [0, 0.05) is 25.2 Å². The third-order valence-corrected chi connectivity index (χ3v) is 2.38. The van der Waals surface area contributed by atoms with E-state index in [4.69, 9.17) is 4.74 Å². The van der Waals surface area contributed by atoms with Crippen LogP contribution >= 0.6 is 0 Å². The highest BCUT2D eigenvalue weighted by atomic mass is 16.5. The summed E-state index contributed by atoms with van der Waals surface area (Å²) >= 11 is 0. The van der Waals surface area contributed by atoms with Crippen molar-refractivity contribution in [2.45, 2.75) is 31.8 Å². The standard InChI is InChI=1S/C9H20N2O/c1-8(6-12-3)11-9(2)4-5-10-7-9/h8,10-11H,4-7H2,1-3H3. The zero-order chi connectivity index (χ0) is 9.03. The van der Waals surface area contributed by atoms with Crippen molar-refractivity contribution < 1.29 is 4.74 Å². The van der Waals surface area contributed by atoms with Crippen LogP contribution in [-0.4, -0.2) is 38.4 Å². The summed E-state index contributed by atoms with van der Waals surface area (Å²) < 4.78 is 5.08. The van der Waals surface area contributed by atoms with Gasteiger partial charge in [0.2, 0.25) is 0 Å². The molecule has 3 heteroatoms. The number of methoxy groups -OCH3 is 1. The maximum absolute atomic E-state index is 5.08. The second-order valence-electron chi connectivity index (χ2n) is 3.99. The number of rotatable bonds is 4. The van der Waals surface area contributed by atoms with Crippen molar-refractivity contribution in [2.75, 3.05) is 26.8 Å². The first-order valence-corrected chi connectivity index (χ1v) is 4.64. The van der Waals surface area contributed by atoms with Crippen LogP contribution in [0, 0.1) is 0 Å². The lowest BCUT2D eigenvalue weighted by atomic mass is 10.0. The molecule has 2 N–H and O–H groups in total. The van der Waals surface area contributed by atoms with Gasteiger partial charge in [-0.05, 0) is 26.8 Å². The fraction of sp³-hybridized carbons (Fsp3) is 1.00. The first-order chi connectivity index (χ1) is 5.66. The van der Waals surface area contributed by atoms with Crippen molar-refractivity contribution in [3.63, 3.8) is 0 Å².